The van der Waals surface area contributed by atoms with E-state index in [1.54, 1.807) is 14.2 Å². The third-order valence-electron chi connectivity index (χ3n) is 4.05. The first-order chi connectivity index (χ1) is 9.62. The molecule has 0 aliphatic carbocycles. The van der Waals surface area contributed by atoms with Crippen LogP contribution >= 0.6 is 0 Å². The fourth-order valence-electron chi connectivity index (χ4n) is 2.57. The summed E-state index contributed by atoms with van der Waals surface area (Å²) in [5, 5.41) is 0. The minimum absolute atomic E-state index is 0.249. The monoisotopic (exact) mass is 289 g/mol. The van der Waals surface area contributed by atoms with Crippen molar-refractivity contribution in [3.05, 3.63) is 60.3 Å². The Hall–Kier alpha value is -1.36. The molecule has 4 heteroatoms. The fourth-order valence-corrected chi connectivity index (χ4v) is 4.37. The smallest absolute Gasteiger partial charge is 0.382 e. The Balaban J connectivity index is 2.29. The van der Waals surface area contributed by atoms with Gasteiger partial charge in [-0.15, -0.1) is 0 Å². The van der Waals surface area contributed by atoms with Crippen LogP contribution in [0.2, 0.25) is 6.55 Å². The van der Waals surface area contributed by atoms with Gasteiger partial charge in [-0.3, -0.25) is 0 Å². The molecule has 2 atom stereocenters. The van der Waals surface area contributed by atoms with Crippen LogP contribution in [-0.4, -0.2) is 33.5 Å². The van der Waals surface area contributed by atoms with Gasteiger partial charge >= 0.3 is 8.72 Å². The van der Waals surface area contributed by atoms with Gasteiger partial charge in [0.2, 0.25) is 0 Å². The summed E-state index contributed by atoms with van der Waals surface area (Å²) in [6.07, 6.45) is 8.45. The molecule has 1 aromatic carbocycles. The van der Waals surface area contributed by atoms with E-state index < -0.39 is 8.72 Å². The van der Waals surface area contributed by atoms with Gasteiger partial charge in [-0.05, 0) is 24.4 Å². The highest BCUT2D eigenvalue weighted by Gasteiger charge is 2.42. The zero-order valence-electron chi connectivity index (χ0n) is 12.6. The summed E-state index contributed by atoms with van der Waals surface area (Å²) in [7, 11) is 1.10. The van der Waals surface area contributed by atoms with E-state index in [-0.39, 0.29) is 6.04 Å². The molecule has 0 spiro atoms. The van der Waals surface area contributed by atoms with Gasteiger partial charge in [0.25, 0.3) is 0 Å². The van der Waals surface area contributed by atoms with E-state index in [2.05, 4.69) is 60.7 Å². The average molecular weight is 289 g/mol. The Bertz CT molecular complexity index is 483. The molecule has 0 saturated heterocycles. The first kappa shape index (κ1) is 15.0. The van der Waals surface area contributed by atoms with Crippen LogP contribution in [-0.2, 0) is 8.85 Å². The lowest BCUT2D eigenvalue weighted by molar-refractivity contribution is 0.174. The minimum Gasteiger partial charge on any atom is -0.382 e. The Morgan fingerprint density at radius 1 is 1.10 bits per heavy atom. The van der Waals surface area contributed by atoms with Gasteiger partial charge in [-0.1, -0.05) is 49.4 Å². The van der Waals surface area contributed by atoms with Gasteiger partial charge in [-0.2, -0.15) is 0 Å². The molecule has 1 heterocycles. The molecular formula is C16H23NO2Si. The van der Waals surface area contributed by atoms with E-state index in [1.807, 2.05) is 12.1 Å². The summed E-state index contributed by atoms with van der Waals surface area (Å²) in [5.41, 5.74) is 1.33. The predicted octanol–water partition coefficient (Wildman–Crippen LogP) is 3.41. The number of rotatable bonds is 5. The summed E-state index contributed by atoms with van der Waals surface area (Å²) in [4.78, 5) is 0. The molecule has 1 aliphatic rings. The lowest BCUT2D eigenvalue weighted by Gasteiger charge is -2.42. The third-order valence-corrected chi connectivity index (χ3v) is 6.95. The number of nitrogens with zero attached hydrogens (tertiary/aromatic N) is 1. The van der Waals surface area contributed by atoms with Gasteiger partial charge in [0.05, 0.1) is 0 Å². The van der Waals surface area contributed by atoms with Crippen molar-refractivity contribution in [1.29, 1.82) is 0 Å². The highest BCUT2D eigenvalue weighted by atomic mass is 28.4. The molecule has 0 bridgehead atoms. The topological polar surface area (TPSA) is 21.7 Å². The summed E-state index contributed by atoms with van der Waals surface area (Å²) in [6, 6.07) is 10.8. The van der Waals surface area contributed by atoms with E-state index in [4.69, 9.17) is 8.85 Å². The molecule has 0 unspecified atom stereocenters. The van der Waals surface area contributed by atoms with Gasteiger partial charge in [-0.25, -0.2) is 0 Å². The lowest BCUT2D eigenvalue weighted by atomic mass is 9.92. The molecule has 0 fully saturated rings. The van der Waals surface area contributed by atoms with E-state index in [0.717, 1.165) is 0 Å². The van der Waals surface area contributed by atoms with Gasteiger partial charge in [0.15, 0.2) is 0 Å². The highest BCUT2D eigenvalue weighted by molar-refractivity contribution is 6.63. The molecule has 108 valence electrons. The van der Waals surface area contributed by atoms with Gasteiger partial charge < -0.3 is 13.4 Å². The predicted molar refractivity (Wildman–Crippen MR) is 84.4 cm³/mol. The SMILES string of the molecule is CO[Si](C)(OC)N1C=CC=C[C@H]1[C@@H](C)c1ccccc1. The second-order valence-corrected chi connectivity index (χ2v) is 8.26. The Kier molecular flexibility index (Phi) is 4.80. The molecule has 0 amide bonds. The van der Waals surface area contributed by atoms with E-state index >= 15 is 0 Å². The molecule has 0 radical (unpaired) electrons. The van der Waals surface area contributed by atoms with Crippen molar-refractivity contribution in [2.75, 3.05) is 14.2 Å². The zero-order chi connectivity index (χ0) is 14.6. The molecule has 0 saturated carbocycles. The third kappa shape index (κ3) is 2.87. The average Bonchev–Trinajstić information content (AvgIpc) is 2.54. The normalized spacial score (nSPS) is 20.2. The van der Waals surface area contributed by atoms with Crippen LogP contribution in [0.1, 0.15) is 18.4 Å². The number of hydrogen-bond donors (Lipinski definition) is 0. The van der Waals surface area contributed by atoms with E-state index in [9.17, 15) is 0 Å². The maximum atomic E-state index is 5.70. The maximum Gasteiger partial charge on any atom is 0.455 e. The van der Waals surface area contributed by atoms with Gasteiger partial charge in [0.1, 0.15) is 0 Å². The Labute approximate surface area is 122 Å². The highest BCUT2D eigenvalue weighted by Crippen LogP contribution is 2.30. The molecule has 1 aromatic rings. The standard InChI is InChI=1S/C16H23NO2Si/c1-14(15-10-6-5-7-11-15)16-12-8-9-13-17(16)20(4,18-2)19-3/h5-14,16H,1-4H3/t14-,16-/m0/s1. The van der Waals surface area contributed by atoms with Crippen LogP contribution in [0.15, 0.2) is 54.8 Å². The van der Waals surface area contributed by atoms with Crippen molar-refractivity contribution in [1.82, 2.24) is 4.57 Å². The number of benzene rings is 1. The Morgan fingerprint density at radius 2 is 1.75 bits per heavy atom. The second kappa shape index (κ2) is 6.39. The fraction of sp³-hybridized carbons (Fsp3) is 0.375. The van der Waals surface area contributed by atoms with Crippen molar-refractivity contribution in [3.63, 3.8) is 0 Å². The van der Waals surface area contributed by atoms with Crippen LogP contribution in [0.25, 0.3) is 0 Å². The number of hydrogen-bond acceptors (Lipinski definition) is 3. The summed E-state index contributed by atoms with van der Waals surface area (Å²) < 4.78 is 13.7. The molecule has 0 N–H and O–H groups in total. The summed E-state index contributed by atoms with van der Waals surface area (Å²) in [6.45, 7) is 4.32. The van der Waals surface area contributed by atoms with Crippen molar-refractivity contribution in [2.24, 2.45) is 0 Å². The van der Waals surface area contributed by atoms with Crippen molar-refractivity contribution in [3.8, 4) is 0 Å². The first-order valence-corrected chi connectivity index (χ1v) is 9.17. The van der Waals surface area contributed by atoms with Crippen LogP contribution in [0, 0.1) is 0 Å². The minimum atomic E-state index is -2.36. The van der Waals surface area contributed by atoms with Crippen LogP contribution < -0.4 is 0 Å². The molecule has 20 heavy (non-hydrogen) atoms. The van der Waals surface area contributed by atoms with Crippen molar-refractivity contribution >= 4 is 8.72 Å². The largest absolute Gasteiger partial charge is 0.455 e. The summed E-state index contributed by atoms with van der Waals surface area (Å²) in [5.74, 6) is 0.370. The van der Waals surface area contributed by atoms with Gasteiger partial charge in [0, 0.05) is 26.2 Å². The molecule has 3 nitrogen and oxygen atoms in total. The molecular weight excluding hydrogens is 266 g/mol. The van der Waals surface area contributed by atoms with E-state index in [1.165, 1.54) is 5.56 Å². The lowest BCUT2D eigenvalue weighted by Crippen LogP contribution is -2.57. The molecule has 2 rings (SSSR count). The van der Waals surface area contributed by atoms with Crippen molar-refractivity contribution in [2.45, 2.75) is 25.4 Å². The Morgan fingerprint density at radius 3 is 2.35 bits per heavy atom. The van der Waals surface area contributed by atoms with Crippen LogP contribution in [0.5, 0.6) is 0 Å². The maximum absolute atomic E-state index is 5.70. The number of allylic oxidation sites excluding steroid dienone is 2. The molecule has 0 aromatic heterocycles. The van der Waals surface area contributed by atoms with Crippen LogP contribution in [0.4, 0.5) is 0 Å². The summed E-state index contributed by atoms with van der Waals surface area (Å²) >= 11 is 0. The second-order valence-electron chi connectivity index (χ2n) is 5.13. The van der Waals surface area contributed by atoms with Crippen LogP contribution in [0.3, 0.4) is 0 Å². The quantitative estimate of drug-likeness (QED) is 0.775. The molecule has 1 aliphatic heterocycles. The first-order valence-electron chi connectivity index (χ1n) is 6.91. The van der Waals surface area contributed by atoms with Crippen molar-refractivity contribution < 1.29 is 8.85 Å². The van der Waals surface area contributed by atoms with E-state index in [0.29, 0.717) is 5.92 Å². The zero-order valence-corrected chi connectivity index (χ0v) is 13.6.